The molecule has 4 aliphatic rings. The zero-order valence-corrected chi connectivity index (χ0v) is 30.8. The third-order valence-corrected chi connectivity index (χ3v) is 11.7. The smallest absolute Gasteiger partial charge is 0.329 e. The number of carbonyl (C=O) groups excluding carboxylic acids is 3. The molecule has 278 valence electrons. The van der Waals surface area contributed by atoms with Crippen LogP contribution in [-0.2, 0) is 22.1 Å². The van der Waals surface area contributed by atoms with Gasteiger partial charge in [0.25, 0.3) is 5.91 Å². The van der Waals surface area contributed by atoms with Gasteiger partial charge in [-0.25, -0.2) is 14.8 Å². The highest BCUT2D eigenvalue weighted by Crippen LogP contribution is 2.34. The molecule has 0 radical (unpaired) electrons. The van der Waals surface area contributed by atoms with Crippen molar-refractivity contribution in [2.24, 2.45) is 13.0 Å². The molecule has 4 aliphatic heterocycles. The predicted octanol–water partition coefficient (Wildman–Crippen LogP) is 3.05. The van der Waals surface area contributed by atoms with Crippen LogP contribution in [0.1, 0.15) is 48.8 Å². The third kappa shape index (κ3) is 5.94. The number of aromatic nitrogens is 5. The van der Waals surface area contributed by atoms with E-state index in [1.807, 2.05) is 30.3 Å². The first kappa shape index (κ1) is 34.0. The molecule has 3 saturated heterocycles. The maximum absolute atomic E-state index is 13.2. The zero-order valence-electron chi connectivity index (χ0n) is 30.8. The van der Waals surface area contributed by atoms with Crippen LogP contribution in [0, 0.1) is 5.92 Å². The SMILES string of the molecule is Cn1c(=O)n(C2CCC(=O)NC2=O)c2ccc(N3CC(CN4CCN(c5ccc(-c6nccc(-c7cc8c([nH]7)C(C)(C)CNC8=O)n6)cc5)CC4)C3)cc21. The van der Waals surface area contributed by atoms with Gasteiger partial charge in [-0.15, -0.1) is 0 Å². The minimum absolute atomic E-state index is 0.0596. The summed E-state index contributed by atoms with van der Waals surface area (Å²) in [5, 5.41) is 5.35. The molecule has 1 unspecified atom stereocenters. The fraction of sp³-hybridized carbons (Fsp3) is 0.400. The van der Waals surface area contributed by atoms with Gasteiger partial charge in [-0.05, 0) is 61.0 Å². The molecule has 0 spiro atoms. The maximum Gasteiger partial charge on any atom is 0.329 e. The molecule has 3 fully saturated rings. The Hall–Kier alpha value is -5.76. The number of aromatic amines is 1. The molecular formula is C40H44N10O4. The highest BCUT2D eigenvalue weighted by Gasteiger charge is 2.35. The quantitative estimate of drug-likeness (QED) is 0.215. The van der Waals surface area contributed by atoms with Gasteiger partial charge in [-0.2, -0.15) is 0 Å². The minimum atomic E-state index is -0.682. The second kappa shape index (κ2) is 13.0. The van der Waals surface area contributed by atoms with Crippen LogP contribution in [-0.4, -0.2) is 99.1 Å². The molecule has 3 aromatic heterocycles. The van der Waals surface area contributed by atoms with E-state index in [-0.39, 0.29) is 29.3 Å². The molecule has 5 aromatic rings. The maximum atomic E-state index is 13.2. The fourth-order valence-electron chi connectivity index (χ4n) is 8.49. The molecule has 54 heavy (non-hydrogen) atoms. The highest BCUT2D eigenvalue weighted by molar-refractivity contribution is 6.00. The molecule has 0 saturated carbocycles. The Kier molecular flexibility index (Phi) is 8.18. The molecule has 3 amide bonds. The Labute approximate surface area is 312 Å². The summed E-state index contributed by atoms with van der Waals surface area (Å²) in [4.78, 5) is 70.1. The molecule has 9 rings (SSSR count). The standard InChI is InChI=1S/C40H44N10O4/c1-40(2)23-42-37(52)28-19-30(43-35(28)40)29-12-13-41-36(44-29)25-4-6-26(7-5-25)48-16-14-47(15-17-48)20-24-21-49(22-24)27-8-9-31-33(18-27)46(3)39(54)50(31)32-10-11-34(51)45-38(32)53/h4-9,12-13,18-19,24,32,43H,10-11,14-17,20-23H2,1-3H3,(H,42,52)(H,45,51,53). The number of imide groups is 1. The first-order valence-electron chi connectivity index (χ1n) is 18.7. The number of H-pyrrole nitrogens is 1. The number of piperidine rings is 1. The van der Waals surface area contributed by atoms with Crippen LogP contribution >= 0.6 is 0 Å². The first-order valence-corrected chi connectivity index (χ1v) is 18.7. The van der Waals surface area contributed by atoms with Gasteiger partial charge in [0, 0.05) is 106 Å². The number of carbonyl (C=O) groups is 3. The topological polar surface area (TPSA) is 153 Å². The van der Waals surface area contributed by atoms with Gasteiger partial charge in [-0.1, -0.05) is 13.8 Å². The normalized spacial score (nSPS) is 20.5. The van der Waals surface area contributed by atoms with E-state index in [2.05, 4.69) is 73.4 Å². The highest BCUT2D eigenvalue weighted by atomic mass is 16.2. The molecule has 1 atom stereocenters. The fourth-order valence-corrected chi connectivity index (χ4v) is 8.49. The van der Waals surface area contributed by atoms with Gasteiger partial charge >= 0.3 is 5.69 Å². The lowest BCUT2D eigenvalue weighted by molar-refractivity contribution is -0.135. The van der Waals surface area contributed by atoms with Crippen molar-refractivity contribution in [3.63, 3.8) is 0 Å². The van der Waals surface area contributed by atoms with Gasteiger partial charge < -0.3 is 20.1 Å². The average Bonchev–Trinajstić information content (AvgIpc) is 3.73. The van der Waals surface area contributed by atoms with Gasteiger partial charge in [0.2, 0.25) is 11.8 Å². The van der Waals surface area contributed by atoms with Crippen molar-refractivity contribution in [3.8, 4) is 22.8 Å². The van der Waals surface area contributed by atoms with Crippen LogP contribution in [0.15, 0.2) is 65.6 Å². The Morgan fingerprint density at radius 2 is 1.63 bits per heavy atom. The number of nitrogens with one attached hydrogen (secondary N) is 3. The summed E-state index contributed by atoms with van der Waals surface area (Å²) < 4.78 is 3.12. The van der Waals surface area contributed by atoms with Crippen molar-refractivity contribution >= 4 is 40.1 Å². The number of benzene rings is 2. The van der Waals surface area contributed by atoms with Crippen molar-refractivity contribution in [1.29, 1.82) is 0 Å². The Bertz CT molecular complexity index is 2360. The first-order chi connectivity index (χ1) is 26.0. The van der Waals surface area contributed by atoms with E-state index in [1.54, 1.807) is 17.8 Å². The number of aryl methyl sites for hydroxylation is 1. The van der Waals surface area contributed by atoms with Crippen LogP contribution in [0.25, 0.3) is 33.8 Å². The molecule has 2 aromatic carbocycles. The number of rotatable bonds is 7. The summed E-state index contributed by atoms with van der Waals surface area (Å²) in [5.41, 5.74) is 7.43. The van der Waals surface area contributed by atoms with Gasteiger partial charge in [-0.3, -0.25) is 33.7 Å². The second-order valence-electron chi connectivity index (χ2n) is 15.8. The van der Waals surface area contributed by atoms with Gasteiger partial charge in [0.15, 0.2) is 5.82 Å². The number of hydrogen-bond acceptors (Lipinski definition) is 9. The summed E-state index contributed by atoms with van der Waals surface area (Å²) in [5.74, 6) is 0.438. The Balaban J connectivity index is 0.790. The van der Waals surface area contributed by atoms with E-state index in [0.717, 1.165) is 79.7 Å². The molecule has 3 N–H and O–H groups in total. The van der Waals surface area contributed by atoms with Crippen molar-refractivity contribution in [3.05, 3.63) is 82.5 Å². The lowest BCUT2D eigenvalue weighted by atomic mass is 9.84. The second-order valence-corrected chi connectivity index (χ2v) is 15.8. The van der Waals surface area contributed by atoms with E-state index in [9.17, 15) is 19.2 Å². The van der Waals surface area contributed by atoms with E-state index in [1.165, 1.54) is 10.3 Å². The monoisotopic (exact) mass is 728 g/mol. The van der Waals surface area contributed by atoms with E-state index < -0.39 is 11.9 Å². The number of anilines is 2. The summed E-state index contributed by atoms with van der Waals surface area (Å²) in [6, 6.07) is 17.5. The van der Waals surface area contributed by atoms with Crippen LogP contribution in [0.5, 0.6) is 0 Å². The summed E-state index contributed by atoms with van der Waals surface area (Å²) in [6.07, 6.45) is 2.31. The van der Waals surface area contributed by atoms with Crippen LogP contribution in [0.2, 0.25) is 0 Å². The lowest BCUT2D eigenvalue weighted by Crippen LogP contribution is -2.55. The number of hydrogen-bond donors (Lipinski definition) is 3. The van der Waals surface area contributed by atoms with Crippen LogP contribution in [0.4, 0.5) is 11.4 Å². The molecule has 14 nitrogen and oxygen atoms in total. The van der Waals surface area contributed by atoms with Crippen LogP contribution < -0.4 is 26.1 Å². The van der Waals surface area contributed by atoms with Gasteiger partial charge in [0.05, 0.1) is 28.0 Å². The molecule has 7 heterocycles. The number of imidazole rings is 1. The number of nitrogens with zero attached hydrogens (tertiary/aromatic N) is 7. The van der Waals surface area contributed by atoms with Crippen molar-refractivity contribution in [2.45, 2.75) is 38.1 Å². The molecule has 14 heteroatoms. The van der Waals surface area contributed by atoms with Gasteiger partial charge in [0.1, 0.15) is 6.04 Å². The largest absolute Gasteiger partial charge is 0.371 e. The third-order valence-electron chi connectivity index (χ3n) is 11.7. The molecule has 0 bridgehead atoms. The van der Waals surface area contributed by atoms with E-state index in [4.69, 9.17) is 4.98 Å². The lowest BCUT2D eigenvalue weighted by Gasteiger charge is -2.45. The zero-order chi connectivity index (χ0) is 37.3. The van der Waals surface area contributed by atoms with E-state index in [0.29, 0.717) is 35.8 Å². The average molecular weight is 729 g/mol. The molecule has 0 aliphatic carbocycles. The van der Waals surface area contributed by atoms with Crippen molar-refractivity contribution < 1.29 is 14.4 Å². The van der Waals surface area contributed by atoms with Crippen LogP contribution in [0.3, 0.4) is 0 Å². The minimum Gasteiger partial charge on any atom is -0.371 e. The summed E-state index contributed by atoms with van der Waals surface area (Å²) in [7, 11) is 1.73. The number of fused-ring (bicyclic) bond motifs is 2. The Morgan fingerprint density at radius 1 is 0.870 bits per heavy atom. The van der Waals surface area contributed by atoms with Crippen molar-refractivity contribution in [2.75, 3.05) is 62.2 Å². The van der Waals surface area contributed by atoms with Crippen molar-refractivity contribution in [1.82, 2.24) is 39.6 Å². The molecular weight excluding hydrogens is 685 g/mol. The summed E-state index contributed by atoms with van der Waals surface area (Å²) >= 11 is 0. The summed E-state index contributed by atoms with van der Waals surface area (Å²) in [6.45, 7) is 11.7. The number of amides is 3. The number of piperazine rings is 1. The van der Waals surface area contributed by atoms with E-state index >= 15 is 0 Å². The Morgan fingerprint density at radius 3 is 2.37 bits per heavy atom. The predicted molar refractivity (Wildman–Crippen MR) is 206 cm³/mol.